The van der Waals surface area contributed by atoms with Gasteiger partial charge >= 0.3 is 0 Å². The summed E-state index contributed by atoms with van der Waals surface area (Å²) in [7, 11) is 0. The maximum atomic E-state index is 13.3. The highest BCUT2D eigenvalue weighted by Gasteiger charge is 2.05. The Kier molecular flexibility index (Phi) is 2.54. The van der Waals surface area contributed by atoms with E-state index >= 15 is 0 Å². The zero-order valence-corrected chi connectivity index (χ0v) is 8.70. The monoisotopic (exact) mass is 252 g/mol. The Balaban J connectivity index is 2.55. The Labute approximate surface area is 88.9 Å². The van der Waals surface area contributed by atoms with Crippen LogP contribution in [-0.2, 0) is 0 Å². The molecule has 0 N–H and O–H groups in total. The van der Waals surface area contributed by atoms with Crippen molar-refractivity contribution in [3.8, 4) is 11.3 Å². The molecule has 1 aromatic carbocycles. The van der Waals surface area contributed by atoms with Crippen LogP contribution in [0.4, 0.5) is 4.39 Å². The van der Waals surface area contributed by atoms with Crippen molar-refractivity contribution in [1.29, 1.82) is 0 Å². The maximum absolute atomic E-state index is 13.3. The summed E-state index contributed by atoms with van der Waals surface area (Å²) in [5.74, 6) is -0.292. The summed E-state index contributed by atoms with van der Waals surface area (Å²) in [6.45, 7) is 0. The van der Waals surface area contributed by atoms with E-state index in [0.717, 1.165) is 4.47 Å². The fourth-order valence-corrected chi connectivity index (χ4v) is 1.45. The average molecular weight is 253 g/mol. The average Bonchev–Trinajstić information content (AvgIpc) is 2.18. The predicted octanol–water partition coefficient (Wildman–Crippen LogP) is 3.05. The minimum Gasteiger partial charge on any atom is -0.206 e. The second-order valence-electron chi connectivity index (χ2n) is 2.74. The van der Waals surface area contributed by atoms with Gasteiger partial charge in [0.2, 0.25) is 0 Å². The van der Waals surface area contributed by atoms with Gasteiger partial charge in [-0.05, 0) is 34.1 Å². The second-order valence-corrected chi connectivity index (χ2v) is 3.65. The molecular formula is C10H6BrFN2. The quantitative estimate of drug-likeness (QED) is 0.780. The van der Waals surface area contributed by atoms with E-state index < -0.39 is 0 Å². The van der Waals surface area contributed by atoms with Gasteiger partial charge in [-0.3, -0.25) is 0 Å². The number of benzene rings is 1. The van der Waals surface area contributed by atoms with Crippen LogP contribution in [0.1, 0.15) is 0 Å². The van der Waals surface area contributed by atoms with E-state index in [4.69, 9.17) is 0 Å². The first-order valence-electron chi connectivity index (χ1n) is 4.00. The lowest BCUT2D eigenvalue weighted by Gasteiger charge is -2.00. The van der Waals surface area contributed by atoms with Gasteiger partial charge in [0, 0.05) is 10.0 Å². The van der Waals surface area contributed by atoms with Gasteiger partial charge in [0.1, 0.15) is 5.82 Å². The molecule has 2 rings (SSSR count). The van der Waals surface area contributed by atoms with Gasteiger partial charge in [-0.1, -0.05) is 12.1 Å². The van der Waals surface area contributed by atoms with Gasteiger partial charge in [0.25, 0.3) is 0 Å². The summed E-state index contributed by atoms with van der Waals surface area (Å²) in [5.41, 5.74) is 0.985. The molecule has 1 heterocycles. The van der Waals surface area contributed by atoms with E-state index in [9.17, 15) is 4.39 Å². The molecule has 0 amide bonds. The number of hydrogen-bond acceptors (Lipinski definition) is 2. The number of aromatic nitrogens is 2. The molecular weight excluding hydrogens is 247 g/mol. The van der Waals surface area contributed by atoms with Crippen molar-refractivity contribution >= 4 is 15.9 Å². The molecule has 0 fully saturated rings. The van der Waals surface area contributed by atoms with Gasteiger partial charge in [0.15, 0.2) is 0 Å². The van der Waals surface area contributed by atoms with Crippen LogP contribution in [0.15, 0.2) is 41.0 Å². The Morgan fingerprint density at radius 2 is 2.00 bits per heavy atom. The number of halogens is 2. The fraction of sp³-hybridized carbons (Fsp3) is 0. The molecule has 0 saturated carbocycles. The molecule has 0 bridgehead atoms. The summed E-state index contributed by atoms with van der Waals surface area (Å²) in [6.07, 6.45) is 1.56. The normalized spacial score (nSPS) is 10.1. The highest BCUT2D eigenvalue weighted by molar-refractivity contribution is 9.10. The van der Waals surface area contributed by atoms with Gasteiger partial charge in [0.05, 0.1) is 11.9 Å². The molecule has 1 aromatic heterocycles. The van der Waals surface area contributed by atoms with Crippen LogP contribution in [-0.4, -0.2) is 10.2 Å². The third-order valence-electron chi connectivity index (χ3n) is 1.77. The lowest BCUT2D eigenvalue weighted by Crippen LogP contribution is -1.89. The summed E-state index contributed by atoms with van der Waals surface area (Å²) in [6, 6.07) is 8.21. The van der Waals surface area contributed by atoms with E-state index in [2.05, 4.69) is 26.1 Å². The predicted molar refractivity (Wildman–Crippen MR) is 55.1 cm³/mol. The van der Waals surface area contributed by atoms with E-state index in [1.165, 1.54) is 6.07 Å². The molecule has 70 valence electrons. The van der Waals surface area contributed by atoms with Gasteiger partial charge in [-0.25, -0.2) is 4.39 Å². The second kappa shape index (κ2) is 3.84. The van der Waals surface area contributed by atoms with E-state index in [1.54, 1.807) is 30.5 Å². The molecule has 14 heavy (non-hydrogen) atoms. The van der Waals surface area contributed by atoms with Crippen LogP contribution in [0.3, 0.4) is 0 Å². The van der Waals surface area contributed by atoms with Crippen LogP contribution in [0.2, 0.25) is 0 Å². The minimum absolute atomic E-state index is 0.292. The smallest absolute Gasteiger partial charge is 0.132 e. The highest BCUT2D eigenvalue weighted by Crippen LogP contribution is 2.21. The third-order valence-corrected chi connectivity index (χ3v) is 2.20. The van der Waals surface area contributed by atoms with Crippen LogP contribution in [0.5, 0.6) is 0 Å². The largest absolute Gasteiger partial charge is 0.206 e. The van der Waals surface area contributed by atoms with Crippen molar-refractivity contribution < 1.29 is 4.39 Å². The molecule has 0 radical (unpaired) electrons. The first-order valence-corrected chi connectivity index (χ1v) is 4.80. The highest BCUT2D eigenvalue weighted by atomic mass is 79.9. The molecule has 4 heteroatoms. The fourth-order valence-electron chi connectivity index (χ4n) is 1.14. The van der Waals surface area contributed by atoms with Crippen molar-refractivity contribution in [1.82, 2.24) is 10.2 Å². The van der Waals surface area contributed by atoms with Crippen LogP contribution < -0.4 is 0 Å². The van der Waals surface area contributed by atoms with Crippen molar-refractivity contribution in [3.63, 3.8) is 0 Å². The zero-order valence-electron chi connectivity index (χ0n) is 7.11. The molecule has 0 unspecified atom stereocenters. The van der Waals surface area contributed by atoms with Crippen molar-refractivity contribution in [2.24, 2.45) is 0 Å². The molecule has 0 spiro atoms. The Morgan fingerprint density at radius 1 is 1.21 bits per heavy atom. The maximum Gasteiger partial charge on any atom is 0.132 e. The Bertz CT molecular complexity index is 459. The SMILES string of the molecule is Fc1ccccc1-c1cc(Br)cnn1. The third kappa shape index (κ3) is 1.80. The standard InChI is InChI=1S/C10H6BrFN2/c11-7-5-10(14-13-6-7)8-3-1-2-4-9(8)12/h1-6H. The minimum atomic E-state index is -0.292. The van der Waals surface area contributed by atoms with Crippen molar-refractivity contribution in [2.75, 3.05) is 0 Å². The van der Waals surface area contributed by atoms with E-state index in [-0.39, 0.29) is 5.82 Å². The first-order chi connectivity index (χ1) is 6.77. The van der Waals surface area contributed by atoms with Crippen LogP contribution in [0, 0.1) is 5.82 Å². The summed E-state index contributed by atoms with van der Waals surface area (Å²) >= 11 is 3.26. The zero-order chi connectivity index (χ0) is 9.97. The van der Waals surface area contributed by atoms with Crippen molar-refractivity contribution in [2.45, 2.75) is 0 Å². The lowest BCUT2D eigenvalue weighted by molar-refractivity contribution is 0.630. The van der Waals surface area contributed by atoms with Gasteiger partial charge in [-0.15, -0.1) is 0 Å². The van der Waals surface area contributed by atoms with Crippen LogP contribution >= 0.6 is 15.9 Å². The van der Waals surface area contributed by atoms with Crippen molar-refractivity contribution in [3.05, 3.63) is 46.8 Å². The molecule has 0 aliphatic heterocycles. The number of hydrogen-bond donors (Lipinski definition) is 0. The summed E-state index contributed by atoms with van der Waals surface area (Å²) in [4.78, 5) is 0. The summed E-state index contributed by atoms with van der Waals surface area (Å²) < 4.78 is 14.1. The van der Waals surface area contributed by atoms with Gasteiger partial charge < -0.3 is 0 Å². The van der Waals surface area contributed by atoms with E-state index in [1.807, 2.05) is 0 Å². The van der Waals surface area contributed by atoms with E-state index in [0.29, 0.717) is 11.3 Å². The molecule has 0 atom stereocenters. The molecule has 0 aliphatic rings. The number of nitrogens with zero attached hydrogens (tertiary/aromatic N) is 2. The molecule has 0 aliphatic carbocycles. The Morgan fingerprint density at radius 3 is 2.71 bits per heavy atom. The molecule has 0 saturated heterocycles. The Hall–Kier alpha value is -1.29. The first kappa shape index (κ1) is 9.27. The summed E-state index contributed by atoms with van der Waals surface area (Å²) in [5, 5.41) is 7.59. The lowest BCUT2D eigenvalue weighted by atomic mass is 10.1. The topological polar surface area (TPSA) is 25.8 Å². The van der Waals surface area contributed by atoms with Gasteiger partial charge in [-0.2, -0.15) is 10.2 Å². The molecule has 2 nitrogen and oxygen atoms in total. The molecule has 2 aromatic rings. The number of rotatable bonds is 1. The van der Waals surface area contributed by atoms with Crippen LogP contribution in [0.25, 0.3) is 11.3 Å².